The molecule has 0 aliphatic carbocycles. The minimum atomic E-state index is 0.699. The molecule has 0 saturated heterocycles. The van der Waals surface area contributed by atoms with Crippen molar-refractivity contribution < 1.29 is 0 Å². The van der Waals surface area contributed by atoms with Gasteiger partial charge in [-0.1, -0.05) is 0 Å². The maximum atomic E-state index is 4.22. The largest absolute Gasteiger partial charge is 0.339 e. The van der Waals surface area contributed by atoms with Gasteiger partial charge in [0.25, 0.3) is 0 Å². The van der Waals surface area contributed by atoms with Crippen molar-refractivity contribution in [3.8, 4) is 0 Å². The molecule has 0 unspecified atom stereocenters. The van der Waals surface area contributed by atoms with E-state index in [2.05, 4.69) is 25.3 Å². The second-order valence-corrected chi connectivity index (χ2v) is 3.86. The quantitative estimate of drug-likeness (QED) is 0.756. The van der Waals surface area contributed by atoms with Gasteiger partial charge >= 0.3 is 0 Å². The molecular weight excluding hydrogens is 210 g/mol. The Morgan fingerprint density at radius 3 is 2.73 bits per heavy atom. The second-order valence-electron chi connectivity index (χ2n) is 2.90. The molecular formula is C9H11N5S. The fourth-order valence-electron chi connectivity index (χ4n) is 1.08. The first-order chi connectivity index (χ1) is 7.38. The van der Waals surface area contributed by atoms with Gasteiger partial charge in [-0.15, -0.1) is 0 Å². The van der Waals surface area contributed by atoms with Crippen LogP contribution in [0.4, 0.5) is 0 Å². The van der Waals surface area contributed by atoms with Crippen molar-refractivity contribution in [2.75, 3.05) is 7.05 Å². The summed E-state index contributed by atoms with van der Waals surface area (Å²) in [5, 5.41) is 4.54. The first-order valence-electron chi connectivity index (χ1n) is 4.51. The average molecular weight is 221 g/mol. The van der Waals surface area contributed by atoms with Gasteiger partial charge in [0.1, 0.15) is 0 Å². The van der Waals surface area contributed by atoms with Crippen LogP contribution >= 0.6 is 11.8 Å². The normalized spacial score (nSPS) is 10.5. The standard InChI is InChI=1S/C9H11N5S/c1-10-4-7-5-13-9(14-6-7)15-8-11-2-3-12-8/h2-3,5-6,10H,4H2,1H3,(H,11,12). The zero-order valence-corrected chi connectivity index (χ0v) is 9.08. The number of aromatic amines is 1. The third-order valence-corrected chi connectivity index (χ3v) is 2.53. The minimum Gasteiger partial charge on any atom is -0.339 e. The van der Waals surface area contributed by atoms with Crippen LogP contribution in [-0.2, 0) is 6.54 Å². The van der Waals surface area contributed by atoms with Gasteiger partial charge in [-0.2, -0.15) is 0 Å². The van der Waals surface area contributed by atoms with E-state index in [4.69, 9.17) is 0 Å². The molecule has 0 aliphatic rings. The highest BCUT2D eigenvalue weighted by molar-refractivity contribution is 7.99. The van der Waals surface area contributed by atoms with Gasteiger partial charge in [0.2, 0.25) is 0 Å². The molecule has 0 atom stereocenters. The molecule has 0 saturated carbocycles. The first kappa shape index (κ1) is 10.1. The number of hydrogen-bond acceptors (Lipinski definition) is 5. The van der Waals surface area contributed by atoms with E-state index in [1.165, 1.54) is 11.8 Å². The van der Waals surface area contributed by atoms with Gasteiger partial charge in [-0.3, -0.25) is 0 Å². The molecule has 5 nitrogen and oxygen atoms in total. The lowest BCUT2D eigenvalue weighted by Gasteiger charge is -1.99. The molecule has 2 heterocycles. The Kier molecular flexibility index (Phi) is 3.31. The molecule has 78 valence electrons. The van der Waals surface area contributed by atoms with Gasteiger partial charge in [-0.25, -0.2) is 15.0 Å². The highest BCUT2D eigenvalue weighted by atomic mass is 32.2. The van der Waals surface area contributed by atoms with Gasteiger partial charge < -0.3 is 10.3 Å². The van der Waals surface area contributed by atoms with E-state index in [1.807, 2.05) is 19.4 Å². The fourth-order valence-corrected chi connectivity index (χ4v) is 1.71. The van der Waals surface area contributed by atoms with Crippen LogP contribution in [0.5, 0.6) is 0 Å². The van der Waals surface area contributed by atoms with E-state index >= 15 is 0 Å². The number of H-pyrrole nitrogens is 1. The van der Waals surface area contributed by atoms with Gasteiger partial charge in [0.05, 0.1) is 0 Å². The third-order valence-electron chi connectivity index (χ3n) is 1.72. The van der Waals surface area contributed by atoms with Crippen LogP contribution in [0.25, 0.3) is 0 Å². The maximum Gasteiger partial charge on any atom is 0.195 e. The summed E-state index contributed by atoms with van der Waals surface area (Å²) in [6, 6.07) is 0. The van der Waals surface area contributed by atoms with Crippen molar-refractivity contribution >= 4 is 11.8 Å². The van der Waals surface area contributed by atoms with E-state index in [-0.39, 0.29) is 0 Å². The molecule has 0 radical (unpaired) electrons. The molecule has 0 aliphatic heterocycles. The van der Waals surface area contributed by atoms with Gasteiger partial charge in [0, 0.05) is 36.9 Å². The number of rotatable bonds is 4. The number of hydrogen-bond donors (Lipinski definition) is 2. The third kappa shape index (κ3) is 2.77. The molecule has 0 fully saturated rings. The predicted octanol–water partition coefficient (Wildman–Crippen LogP) is 1.07. The molecule has 2 aromatic rings. The van der Waals surface area contributed by atoms with E-state index in [0.717, 1.165) is 17.3 Å². The van der Waals surface area contributed by atoms with Crippen LogP contribution in [0, 0.1) is 0 Å². The zero-order chi connectivity index (χ0) is 10.5. The summed E-state index contributed by atoms with van der Waals surface area (Å²) in [4.78, 5) is 15.5. The summed E-state index contributed by atoms with van der Waals surface area (Å²) in [6.07, 6.45) is 7.11. The van der Waals surface area contributed by atoms with Crippen molar-refractivity contribution in [1.82, 2.24) is 25.3 Å². The minimum absolute atomic E-state index is 0.699. The Bertz CT molecular complexity index is 397. The summed E-state index contributed by atoms with van der Waals surface area (Å²) >= 11 is 1.41. The highest BCUT2D eigenvalue weighted by Crippen LogP contribution is 2.19. The topological polar surface area (TPSA) is 66.5 Å². The first-order valence-corrected chi connectivity index (χ1v) is 5.33. The van der Waals surface area contributed by atoms with Crippen molar-refractivity contribution in [2.45, 2.75) is 16.9 Å². The Morgan fingerprint density at radius 1 is 1.33 bits per heavy atom. The van der Waals surface area contributed by atoms with Crippen molar-refractivity contribution in [3.05, 3.63) is 30.4 Å². The molecule has 2 N–H and O–H groups in total. The molecule has 6 heteroatoms. The fraction of sp³-hybridized carbons (Fsp3) is 0.222. The smallest absolute Gasteiger partial charge is 0.195 e. The van der Waals surface area contributed by atoms with Crippen molar-refractivity contribution in [2.24, 2.45) is 0 Å². The average Bonchev–Trinajstić information content (AvgIpc) is 2.74. The molecule has 0 amide bonds. The summed E-state index contributed by atoms with van der Waals surface area (Å²) in [5.74, 6) is 0. The Labute approximate surface area is 91.8 Å². The number of nitrogens with zero attached hydrogens (tertiary/aromatic N) is 3. The predicted molar refractivity (Wildman–Crippen MR) is 57.5 cm³/mol. The molecule has 0 aromatic carbocycles. The molecule has 0 bridgehead atoms. The van der Waals surface area contributed by atoms with E-state index in [1.54, 1.807) is 12.4 Å². The van der Waals surface area contributed by atoms with Crippen LogP contribution in [0.1, 0.15) is 5.56 Å². The Balaban J connectivity index is 2.04. The van der Waals surface area contributed by atoms with Crippen LogP contribution < -0.4 is 5.32 Å². The highest BCUT2D eigenvalue weighted by Gasteiger charge is 2.01. The summed E-state index contributed by atoms with van der Waals surface area (Å²) < 4.78 is 0. The van der Waals surface area contributed by atoms with Crippen LogP contribution in [0.3, 0.4) is 0 Å². The van der Waals surface area contributed by atoms with E-state index in [0.29, 0.717) is 5.16 Å². The summed E-state index contributed by atoms with van der Waals surface area (Å²) in [7, 11) is 1.89. The van der Waals surface area contributed by atoms with Gasteiger partial charge in [0.15, 0.2) is 10.3 Å². The maximum absolute atomic E-state index is 4.22. The molecule has 2 rings (SSSR count). The monoisotopic (exact) mass is 221 g/mol. The summed E-state index contributed by atoms with van der Waals surface area (Å²) in [6.45, 7) is 0.783. The van der Waals surface area contributed by atoms with Crippen LogP contribution in [0.15, 0.2) is 35.1 Å². The van der Waals surface area contributed by atoms with E-state index in [9.17, 15) is 0 Å². The lowest BCUT2D eigenvalue weighted by atomic mass is 10.3. The molecule has 0 spiro atoms. The lowest BCUT2D eigenvalue weighted by molar-refractivity contribution is 0.793. The summed E-state index contributed by atoms with van der Waals surface area (Å²) in [5.41, 5.74) is 1.07. The number of nitrogens with one attached hydrogen (secondary N) is 2. The number of imidazole rings is 1. The lowest BCUT2D eigenvalue weighted by Crippen LogP contribution is -2.05. The van der Waals surface area contributed by atoms with Gasteiger partial charge in [-0.05, 0) is 18.8 Å². The Morgan fingerprint density at radius 2 is 2.13 bits per heavy atom. The SMILES string of the molecule is CNCc1cnc(Sc2ncc[nH]2)nc1. The van der Waals surface area contributed by atoms with Crippen molar-refractivity contribution in [1.29, 1.82) is 0 Å². The second kappa shape index (κ2) is 4.90. The van der Waals surface area contributed by atoms with Crippen LogP contribution in [0.2, 0.25) is 0 Å². The van der Waals surface area contributed by atoms with Crippen molar-refractivity contribution in [3.63, 3.8) is 0 Å². The number of aromatic nitrogens is 4. The molecule has 2 aromatic heterocycles. The zero-order valence-electron chi connectivity index (χ0n) is 8.27. The van der Waals surface area contributed by atoms with E-state index < -0.39 is 0 Å². The Hall–Kier alpha value is -1.40. The van der Waals surface area contributed by atoms with Crippen LogP contribution in [-0.4, -0.2) is 27.0 Å². The molecule has 15 heavy (non-hydrogen) atoms.